The lowest BCUT2D eigenvalue weighted by Crippen LogP contribution is -2.43. The molecule has 0 fully saturated rings. The summed E-state index contributed by atoms with van der Waals surface area (Å²) in [7, 11) is -1.75. The summed E-state index contributed by atoms with van der Waals surface area (Å²) in [5, 5.41) is 9.81. The van der Waals surface area contributed by atoms with Crippen LogP contribution in [0.25, 0.3) is 0 Å². The van der Waals surface area contributed by atoms with E-state index in [1.807, 2.05) is 20.8 Å². The smallest absolute Gasteiger partial charge is 0.193 e. The molecule has 0 heterocycles. The number of rotatable bonds is 3. The van der Waals surface area contributed by atoms with Crippen LogP contribution in [0.1, 0.15) is 41.5 Å². The van der Waals surface area contributed by atoms with Crippen LogP contribution in [0.15, 0.2) is 0 Å². The number of hydrogen-bond acceptors (Lipinski definition) is 2. The first kappa shape index (κ1) is 16.7. The van der Waals surface area contributed by atoms with Crippen LogP contribution in [-0.4, -0.2) is 25.6 Å². The van der Waals surface area contributed by atoms with Crippen molar-refractivity contribution in [1.29, 1.82) is 0 Å². The molecule has 0 aromatic rings. The van der Waals surface area contributed by atoms with Crippen LogP contribution in [-0.2, 0) is 4.43 Å². The number of hydrogen-bond donors (Lipinski definition) is 1. The van der Waals surface area contributed by atoms with Crippen molar-refractivity contribution in [2.75, 3.05) is 0 Å². The standard InChI is InChI=1S/C14H28O2Si/c1-11(2)13(15)10-9-12(3)16-17(7,8)14(4,5)6/h11-13,15H,1-8H3/t12-,13+/m0/s1. The highest BCUT2D eigenvalue weighted by molar-refractivity contribution is 6.74. The molecule has 3 heteroatoms. The van der Waals surface area contributed by atoms with E-state index in [0.29, 0.717) is 0 Å². The molecule has 17 heavy (non-hydrogen) atoms. The molecule has 0 saturated carbocycles. The Kier molecular flexibility index (Phi) is 5.93. The van der Waals surface area contributed by atoms with Crippen LogP contribution in [0.3, 0.4) is 0 Å². The summed E-state index contributed by atoms with van der Waals surface area (Å²) < 4.78 is 6.09. The van der Waals surface area contributed by atoms with Crippen molar-refractivity contribution in [3.63, 3.8) is 0 Å². The average Bonchev–Trinajstić information content (AvgIpc) is 2.11. The third-order valence-corrected chi connectivity index (χ3v) is 7.90. The molecule has 2 atom stereocenters. The molecule has 0 aliphatic heterocycles. The molecule has 0 radical (unpaired) electrons. The maximum atomic E-state index is 9.62. The Labute approximate surface area is 108 Å². The van der Waals surface area contributed by atoms with Gasteiger partial charge in [-0.25, -0.2) is 0 Å². The molecule has 1 N–H and O–H groups in total. The molecular formula is C14H28O2Si. The van der Waals surface area contributed by atoms with Crippen molar-refractivity contribution in [2.45, 2.75) is 71.9 Å². The van der Waals surface area contributed by atoms with Crippen LogP contribution in [0.5, 0.6) is 0 Å². The Morgan fingerprint density at radius 3 is 1.88 bits per heavy atom. The molecule has 0 aromatic carbocycles. The van der Waals surface area contributed by atoms with E-state index < -0.39 is 14.4 Å². The lowest BCUT2D eigenvalue weighted by Gasteiger charge is -2.37. The van der Waals surface area contributed by atoms with Crippen LogP contribution in [0, 0.1) is 17.8 Å². The van der Waals surface area contributed by atoms with Crippen molar-refractivity contribution in [3.05, 3.63) is 0 Å². The minimum Gasteiger partial charge on any atom is -0.404 e. The minimum absolute atomic E-state index is 0.107. The highest BCUT2D eigenvalue weighted by atomic mass is 28.4. The van der Waals surface area contributed by atoms with Gasteiger partial charge < -0.3 is 9.53 Å². The quantitative estimate of drug-likeness (QED) is 0.619. The van der Waals surface area contributed by atoms with E-state index in [1.165, 1.54) is 0 Å². The van der Waals surface area contributed by atoms with E-state index in [2.05, 4.69) is 45.7 Å². The Balaban J connectivity index is 4.52. The van der Waals surface area contributed by atoms with Gasteiger partial charge in [0.2, 0.25) is 0 Å². The first-order valence-electron chi connectivity index (χ1n) is 6.34. The molecule has 0 aliphatic rings. The molecule has 0 unspecified atom stereocenters. The summed E-state index contributed by atoms with van der Waals surface area (Å²) in [5.41, 5.74) is 0. The van der Waals surface area contributed by atoms with Gasteiger partial charge >= 0.3 is 0 Å². The van der Waals surface area contributed by atoms with Crippen molar-refractivity contribution in [2.24, 2.45) is 5.92 Å². The Morgan fingerprint density at radius 1 is 1.06 bits per heavy atom. The van der Waals surface area contributed by atoms with Crippen LogP contribution in [0.4, 0.5) is 0 Å². The van der Waals surface area contributed by atoms with Crippen molar-refractivity contribution in [1.82, 2.24) is 0 Å². The molecule has 0 aromatic heterocycles. The summed E-state index contributed by atoms with van der Waals surface area (Å²) >= 11 is 0. The largest absolute Gasteiger partial charge is 0.404 e. The zero-order chi connectivity index (χ0) is 13.9. The van der Waals surface area contributed by atoms with Gasteiger partial charge in [0, 0.05) is 0 Å². The van der Waals surface area contributed by atoms with E-state index in [-0.39, 0.29) is 17.1 Å². The first-order chi connectivity index (χ1) is 7.47. The molecule has 0 rings (SSSR count). The second kappa shape index (κ2) is 6.04. The highest BCUT2D eigenvalue weighted by Crippen LogP contribution is 2.37. The highest BCUT2D eigenvalue weighted by Gasteiger charge is 2.38. The predicted octanol–water partition coefficient (Wildman–Crippen LogP) is 3.42. The van der Waals surface area contributed by atoms with Gasteiger partial charge in [0.05, 0.1) is 0 Å². The van der Waals surface area contributed by atoms with Gasteiger partial charge in [-0.3, -0.25) is 0 Å². The molecule has 100 valence electrons. The van der Waals surface area contributed by atoms with E-state index >= 15 is 0 Å². The van der Waals surface area contributed by atoms with Crippen molar-refractivity contribution < 1.29 is 9.53 Å². The second-order valence-corrected chi connectivity index (χ2v) is 11.3. The van der Waals surface area contributed by atoms with E-state index in [0.717, 1.165) is 0 Å². The van der Waals surface area contributed by atoms with Gasteiger partial charge in [-0.15, -0.1) is 0 Å². The second-order valence-electron chi connectivity index (χ2n) is 6.50. The molecule has 0 saturated heterocycles. The molecule has 0 bridgehead atoms. The monoisotopic (exact) mass is 256 g/mol. The lowest BCUT2D eigenvalue weighted by molar-refractivity contribution is 0.180. The van der Waals surface area contributed by atoms with E-state index in [4.69, 9.17) is 4.43 Å². The molecular weight excluding hydrogens is 228 g/mol. The molecule has 2 nitrogen and oxygen atoms in total. The summed E-state index contributed by atoms with van der Waals surface area (Å²) in [4.78, 5) is 0. The van der Waals surface area contributed by atoms with Gasteiger partial charge in [0.25, 0.3) is 0 Å². The van der Waals surface area contributed by atoms with E-state index in [9.17, 15) is 5.11 Å². The Bertz CT molecular complexity index is 292. The fourth-order valence-corrected chi connectivity index (χ4v) is 2.31. The fraction of sp³-hybridized carbons (Fsp3) is 0.857. The third kappa shape index (κ3) is 5.72. The summed E-state index contributed by atoms with van der Waals surface area (Å²) in [6.45, 7) is 16.9. The summed E-state index contributed by atoms with van der Waals surface area (Å²) in [6, 6.07) is 0. The van der Waals surface area contributed by atoms with Gasteiger partial charge in [-0.05, 0) is 31.0 Å². The summed E-state index contributed by atoms with van der Waals surface area (Å²) in [5.74, 6) is 6.03. The molecule has 0 amide bonds. The predicted molar refractivity (Wildman–Crippen MR) is 76.4 cm³/mol. The Hall–Kier alpha value is -0.303. The van der Waals surface area contributed by atoms with Crippen molar-refractivity contribution in [3.8, 4) is 11.8 Å². The number of aliphatic hydroxyl groups is 1. The summed E-state index contributed by atoms with van der Waals surface area (Å²) in [6.07, 6.45) is -0.662. The van der Waals surface area contributed by atoms with E-state index in [1.54, 1.807) is 0 Å². The van der Waals surface area contributed by atoms with Gasteiger partial charge in [0.1, 0.15) is 12.2 Å². The van der Waals surface area contributed by atoms with Crippen LogP contribution >= 0.6 is 0 Å². The zero-order valence-corrected chi connectivity index (χ0v) is 13.6. The minimum atomic E-state index is -1.75. The van der Waals surface area contributed by atoms with Gasteiger partial charge in [-0.2, -0.15) is 0 Å². The van der Waals surface area contributed by atoms with Crippen LogP contribution < -0.4 is 0 Å². The maximum absolute atomic E-state index is 9.62. The zero-order valence-electron chi connectivity index (χ0n) is 12.6. The van der Waals surface area contributed by atoms with Crippen molar-refractivity contribution >= 4 is 8.32 Å². The third-order valence-electron chi connectivity index (χ3n) is 3.34. The lowest BCUT2D eigenvalue weighted by atomic mass is 10.1. The topological polar surface area (TPSA) is 29.5 Å². The maximum Gasteiger partial charge on any atom is 0.193 e. The normalized spacial score (nSPS) is 16.4. The van der Waals surface area contributed by atoms with Gasteiger partial charge in [0.15, 0.2) is 8.32 Å². The van der Waals surface area contributed by atoms with Gasteiger partial charge in [-0.1, -0.05) is 46.5 Å². The van der Waals surface area contributed by atoms with Crippen LogP contribution in [0.2, 0.25) is 18.1 Å². The first-order valence-corrected chi connectivity index (χ1v) is 9.25. The SMILES string of the molecule is CC(C)[C@H](O)C#C[C@H](C)O[Si](C)(C)C(C)(C)C. The Morgan fingerprint density at radius 2 is 1.53 bits per heavy atom. The molecule has 0 spiro atoms. The molecule has 0 aliphatic carbocycles. The fourth-order valence-electron chi connectivity index (χ4n) is 1.02. The number of aliphatic hydroxyl groups excluding tert-OH is 1. The average molecular weight is 256 g/mol.